The van der Waals surface area contributed by atoms with E-state index in [-0.39, 0.29) is 21.4 Å². The van der Waals surface area contributed by atoms with E-state index in [0.717, 1.165) is 4.31 Å². The van der Waals surface area contributed by atoms with E-state index in [1.54, 1.807) is 13.0 Å². The molecule has 2 aromatic rings. The van der Waals surface area contributed by atoms with E-state index < -0.39 is 43.5 Å². The fraction of sp³-hybridized carbons (Fsp3) is 0.294. The van der Waals surface area contributed by atoms with Crippen LogP contribution in [0.2, 0.25) is 5.02 Å². The number of aliphatic hydroxyl groups excluding tert-OH is 1. The number of sulfone groups is 1. The molecule has 1 fully saturated rings. The van der Waals surface area contributed by atoms with E-state index in [9.17, 15) is 27.0 Å². The number of phenols is 1. The second-order valence-electron chi connectivity index (χ2n) is 6.44. The highest BCUT2D eigenvalue weighted by Gasteiger charge is 2.45. The summed E-state index contributed by atoms with van der Waals surface area (Å²) in [5, 5.41) is 20.3. The fourth-order valence-electron chi connectivity index (χ4n) is 3.13. The van der Waals surface area contributed by atoms with Gasteiger partial charge in [-0.15, -0.1) is 0 Å². The summed E-state index contributed by atoms with van der Waals surface area (Å²) >= 11 is 5.96. The van der Waals surface area contributed by atoms with Gasteiger partial charge in [0, 0.05) is 11.1 Å². The number of benzene rings is 2. The van der Waals surface area contributed by atoms with Gasteiger partial charge >= 0.3 is 0 Å². The van der Waals surface area contributed by atoms with Gasteiger partial charge < -0.3 is 10.2 Å². The van der Waals surface area contributed by atoms with Crippen molar-refractivity contribution in [3.8, 4) is 5.75 Å². The van der Waals surface area contributed by atoms with Gasteiger partial charge in [0.2, 0.25) is 0 Å². The van der Waals surface area contributed by atoms with Gasteiger partial charge in [0.25, 0.3) is 10.0 Å². The number of anilines is 1. The number of hydrogen-bond donors (Lipinski definition) is 2. The first-order valence-electron chi connectivity index (χ1n) is 7.99. The summed E-state index contributed by atoms with van der Waals surface area (Å²) in [6.07, 6.45) is -1.40. The first-order valence-corrected chi connectivity index (χ1v) is 11.6. The third kappa shape index (κ3) is 3.91. The highest BCUT2D eigenvalue weighted by molar-refractivity contribution is 7.93. The van der Waals surface area contributed by atoms with Crippen molar-refractivity contribution in [3.05, 3.63) is 53.1 Å². The number of aliphatic hydroxyl groups is 1. The molecule has 0 unspecified atom stereocenters. The monoisotopic (exact) mass is 431 g/mol. The number of rotatable bonds is 4. The second-order valence-corrected chi connectivity index (χ2v) is 10.8. The van der Waals surface area contributed by atoms with Crippen molar-refractivity contribution in [3.63, 3.8) is 0 Å². The Balaban J connectivity index is 2.22. The quantitative estimate of drug-likeness (QED) is 0.762. The summed E-state index contributed by atoms with van der Waals surface area (Å²) in [7, 11) is -7.89. The zero-order valence-corrected chi connectivity index (χ0v) is 16.7. The first-order chi connectivity index (χ1) is 12.5. The summed E-state index contributed by atoms with van der Waals surface area (Å²) in [6.45, 7) is 1.59. The Hall–Kier alpha value is -1.81. The van der Waals surface area contributed by atoms with Crippen molar-refractivity contribution >= 4 is 37.1 Å². The largest absolute Gasteiger partial charge is 0.508 e. The van der Waals surface area contributed by atoms with Crippen LogP contribution in [-0.4, -0.2) is 50.7 Å². The SMILES string of the molecule is Cc1ccc(Cl)cc1S(=O)(=O)N(c1cccc(O)c1)[C@@H]1CS(=O)(=O)C[C@H]1O. The summed E-state index contributed by atoms with van der Waals surface area (Å²) in [5.41, 5.74) is 0.468. The van der Waals surface area contributed by atoms with Crippen LogP contribution >= 0.6 is 11.6 Å². The molecule has 1 aliphatic rings. The average molecular weight is 432 g/mol. The minimum absolute atomic E-state index is 0.0514. The van der Waals surface area contributed by atoms with Crippen LogP contribution in [0.15, 0.2) is 47.4 Å². The van der Waals surface area contributed by atoms with Gasteiger partial charge in [0.1, 0.15) is 5.75 Å². The number of aromatic hydroxyl groups is 1. The van der Waals surface area contributed by atoms with Gasteiger partial charge in [-0.1, -0.05) is 23.7 Å². The molecule has 27 heavy (non-hydrogen) atoms. The Morgan fingerprint density at radius 3 is 2.44 bits per heavy atom. The maximum absolute atomic E-state index is 13.4. The van der Waals surface area contributed by atoms with E-state index in [0.29, 0.717) is 5.56 Å². The lowest BCUT2D eigenvalue weighted by Gasteiger charge is -2.32. The van der Waals surface area contributed by atoms with Crippen molar-refractivity contribution in [2.24, 2.45) is 0 Å². The van der Waals surface area contributed by atoms with Crippen molar-refractivity contribution in [2.75, 3.05) is 15.8 Å². The molecule has 1 saturated heterocycles. The molecule has 146 valence electrons. The van der Waals surface area contributed by atoms with Crippen LogP contribution in [0, 0.1) is 6.92 Å². The maximum atomic E-state index is 13.4. The normalized spacial score (nSPS) is 21.9. The molecule has 10 heteroatoms. The van der Waals surface area contributed by atoms with E-state index in [1.807, 2.05) is 0 Å². The zero-order chi connectivity index (χ0) is 20.0. The minimum atomic E-state index is -4.28. The third-order valence-electron chi connectivity index (χ3n) is 4.37. The van der Waals surface area contributed by atoms with Crippen LogP contribution in [0.3, 0.4) is 0 Å². The summed E-state index contributed by atoms with van der Waals surface area (Å²) < 4.78 is 51.7. The van der Waals surface area contributed by atoms with Crippen molar-refractivity contribution < 1.29 is 27.0 Å². The summed E-state index contributed by atoms with van der Waals surface area (Å²) in [6, 6.07) is 8.57. The van der Waals surface area contributed by atoms with Crippen LogP contribution < -0.4 is 4.31 Å². The average Bonchev–Trinajstić information content (AvgIpc) is 2.82. The van der Waals surface area contributed by atoms with Gasteiger partial charge in [-0.25, -0.2) is 16.8 Å². The number of aryl methyl sites for hydroxylation is 1. The van der Waals surface area contributed by atoms with Crippen LogP contribution in [0.4, 0.5) is 5.69 Å². The number of hydrogen-bond acceptors (Lipinski definition) is 6. The molecule has 0 bridgehead atoms. The predicted octanol–water partition coefficient (Wildman–Crippen LogP) is 1.71. The lowest BCUT2D eigenvalue weighted by Crippen LogP contribution is -2.47. The topological polar surface area (TPSA) is 112 Å². The Morgan fingerprint density at radius 2 is 1.85 bits per heavy atom. The Kier molecular flexibility index (Phi) is 5.15. The summed E-state index contributed by atoms with van der Waals surface area (Å²) in [5.74, 6) is -1.24. The number of halogens is 1. The lowest BCUT2D eigenvalue weighted by molar-refractivity contribution is 0.184. The molecule has 2 atom stereocenters. The van der Waals surface area contributed by atoms with Gasteiger partial charge in [0.15, 0.2) is 9.84 Å². The standard InChI is InChI=1S/C17H18ClNO6S2/c1-11-5-6-12(18)7-17(11)27(24,25)19(13-3-2-4-14(20)8-13)15-9-26(22,23)10-16(15)21/h2-8,15-16,20-21H,9-10H2,1H3/t15-,16-/m1/s1. The summed E-state index contributed by atoms with van der Waals surface area (Å²) in [4.78, 5) is -0.102. The molecule has 1 heterocycles. The van der Waals surface area contributed by atoms with Crippen LogP contribution in [0.1, 0.15) is 5.56 Å². The molecular weight excluding hydrogens is 414 g/mol. The van der Waals surface area contributed by atoms with E-state index in [4.69, 9.17) is 11.6 Å². The molecule has 0 radical (unpaired) electrons. The van der Waals surface area contributed by atoms with Crippen LogP contribution in [0.25, 0.3) is 0 Å². The fourth-order valence-corrected chi connectivity index (χ4v) is 7.16. The Bertz CT molecular complexity index is 1080. The maximum Gasteiger partial charge on any atom is 0.265 e. The van der Waals surface area contributed by atoms with E-state index >= 15 is 0 Å². The Labute approximate surface area is 162 Å². The second kappa shape index (κ2) is 6.97. The van der Waals surface area contributed by atoms with Crippen molar-refractivity contribution in [1.82, 2.24) is 0 Å². The lowest BCUT2D eigenvalue weighted by atomic mass is 10.2. The van der Waals surface area contributed by atoms with Gasteiger partial charge in [-0.2, -0.15) is 0 Å². The van der Waals surface area contributed by atoms with Gasteiger partial charge in [0.05, 0.1) is 34.2 Å². The van der Waals surface area contributed by atoms with Crippen LogP contribution in [-0.2, 0) is 19.9 Å². The van der Waals surface area contributed by atoms with Crippen molar-refractivity contribution in [2.45, 2.75) is 24.0 Å². The first kappa shape index (κ1) is 19.9. The number of phenolic OH excluding ortho intramolecular Hbond substituents is 1. The molecule has 1 aliphatic heterocycles. The molecule has 2 N–H and O–H groups in total. The van der Waals surface area contributed by atoms with E-state index in [1.165, 1.54) is 36.4 Å². The van der Waals surface area contributed by atoms with Gasteiger partial charge in [-0.3, -0.25) is 4.31 Å². The molecule has 3 rings (SSSR count). The van der Waals surface area contributed by atoms with Crippen LogP contribution in [0.5, 0.6) is 5.75 Å². The zero-order valence-electron chi connectivity index (χ0n) is 14.3. The van der Waals surface area contributed by atoms with E-state index in [2.05, 4.69) is 0 Å². The molecule has 2 aromatic carbocycles. The predicted molar refractivity (Wildman–Crippen MR) is 102 cm³/mol. The molecule has 0 spiro atoms. The van der Waals surface area contributed by atoms with Gasteiger partial charge in [-0.05, 0) is 36.8 Å². The highest BCUT2D eigenvalue weighted by atomic mass is 35.5. The number of nitrogens with zero attached hydrogens (tertiary/aromatic N) is 1. The number of sulfonamides is 1. The molecule has 0 aliphatic carbocycles. The minimum Gasteiger partial charge on any atom is -0.508 e. The third-order valence-corrected chi connectivity index (χ3v) is 8.30. The molecule has 0 aromatic heterocycles. The molecule has 0 saturated carbocycles. The molecular formula is C17H18ClNO6S2. The Morgan fingerprint density at radius 1 is 1.15 bits per heavy atom. The smallest absolute Gasteiger partial charge is 0.265 e. The van der Waals surface area contributed by atoms with Crippen molar-refractivity contribution in [1.29, 1.82) is 0 Å². The molecule has 0 amide bonds. The highest BCUT2D eigenvalue weighted by Crippen LogP contribution is 2.34. The molecule has 7 nitrogen and oxygen atoms in total.